The molecule has 3 atom stereocenters. The largest absolute Gasteiger partial charge is 0.490 e. The summed E-state index contributed by atoms with van der Waals surface area (Å²) in [6.07, 6.45) is -0.862. The van der Waals surface area contributed by atoms with Gasteiger partial charge in [0.1, 0.15) is 70.3 Å². The standard InChI is InChI=1S/C44H44F6N8O4S/c1-42(2,3)62-41(59)56-39-26(19-51)29-25(10-11-27(46)36(29)63-39)30-32(44(48,49)50)35-31-34(33(30)47)54-40(61-21-43-12-6-14-57(43)20-23(45)18-43)55-38(31)58(15-16-60-35)28(17-22-7-4-8-22)24-9-5-13-53-37(24)52/h5,9-11,13,22-23,28H,4,6-8,12,14-18,20-21H2,1-3H3,(H2,52,53)(H,56,59)/t23-,28-,43+/m1/s1. The van der Waals surface area contributed by atoms with E-state index in [0.29, 0.717) is 36.3 Å². The molecule has 63 heavy (non-hydrogen) atoms. The number of pyridine rings is 1. The Balaban J connectivity index is 1.30. The van der Waals surface area contributed by atoms with E-state index in [-0.39, 0.29) is 76.8 Å². The fraction of sp³-hybridized carbons (Fsp3) is 0.477. The molecule has 12 nitrogen and oxygen atoms in total. The van der Waals surface area contributed by atoms with Crippen LogP contribution < -0.4 is 25.4 Å². The Hall–Kier alpha value is -5.61. The summed E-state index contributed by atoms with van der Waals surface area (Å²) in [6.45, 7) is 5.27. The Labute approximate surface area is 362 Å². The second-order valence-corrected chi connectivity index (χ2v) is 18.7. The molecule has 6 heterocycles. The van der Waals surface area contributed by atoms with Gasteiger partial charge in [-0.1, -0.05) is 31.4 Å². The van der Waals surface area contributed by atoms with E-state index < -0.39 is 80.8 Å². The third-order valence-electron chi connectivity index (χ3n) is 12.5. The van der Waals surface area contributed by atoms with Crippen LogP contribution in [0.2, 0.25) is 0 Å². The average Bonchev–Trinajstić information content (AvgIpc) is 3.81. The maximum Gasteiger partial charge on any atom is 0.420 e. The number of nitrogens with two attached hydrogens (primary N) is 1. The van der Waals surface area contributed by atoms with Crippen molar-refractivity contribution in [3.05, 3.63) is 58.8 Å². The number of nitriles is 1. The van der Waals surface area contributed by atoms with Crippen molar-refractivity contribution in [1.29, 1.82) is 5.26 Å². The molecule has 3 aliphatic heterocycles. The van der Waals surface area contributed by atoms with E-state index in [2.05, 4.69) is 15.3 Å². The van der Waals surface area contributed by atoms with E-state index >= 15 is 22.0 Å². The molecule has 3 fully saturated rings. The predicted octanol–water partition coefficient (Wildman–Crippen LogP) is 10.1. The number of ether oxygens (including phenoxy) is 3. The van der Waals surface area contributed by atoms with Gasteiger partial charge in [0.15, 0.2) is 5.82 Å². The zero-order valence-corrected chi connectivity index (χ0v) is 35.5. The average molecular weight is 895 g/mol. The van der Waals surface area contributed by atoms with E-state index in [1.807, 2.05) is 11.0 Å². The molecule has 4 aliphatic rings. The summed E-state index contributed by atoms with van der Waals surface area (Å²) in [5, 5.41) is 11.9. The minimum atomic E-state index is -5.31. The van der Waals surface area contributed by atoms with Crippen LogP contribution in [0.25, 0.3) is 32.1 Å². The number of nitrogens with zero attached hydrogens (tertiary/aromatic N) is 6. The van der Waals surface area contributed by atoms with Crippen molar-refractivity contribution in [2.24, 2.45) is 5.92 Å². The highest BCUT2D eigenvalue weighted by molar-refractivity contribution is 7.23. The summed E-state index contributed by atoms with van der Waals surface area (Å²) in [6, 6.07) is 6.25. The van der Waals surface area contributed by atoms with Crippen LogP contribution in [0.15, 0.2) is 30.5 Å². The van der Waals surface area contributed by atoms with E-state index in [1.165, 1.54) is 6.20 Å². The van der Waals surface area contributed by atoms with Crippen LogP contribution in [-0.2, 0) is 10.9 Å². The van der Waals surface area contributed by atoms with Crippen LogP contribution in [0.4, 0.5) is 47.8 Å². The lowest BCUT2D eigenvalue weighted by atomic mass is 9.79. The maximum absolute atomic E-state index is 18.0. The summed E-state index contributed by atoms with van der Waals surface area (Å²) in [7, 11) is 0. The highest BCUT2D eigenvalue weighted by Crippen LogP contribution is 2.55. The van der Waals surface area contributed by atoms with Crippen molar-refractivity contribution in [3.8, 4) is 29.0 Å². The highest BCUT2D eigenvalue weighted by atomic mass is 32.1. The van der Waals surface area contributed by atoms with Gasteiger partial charge in [0.2, 0.25) is 0 Å². The van der Waals surface area contributed by atoms with Crippen molar-refractivity contribution in [3.63, 3.8) is 0 Å². The summed E-state index contributed by atoms with van der Waals surface area (Å²) in [5.41, 5.74) is 1.33. The number of amides is 1. The number of anilines is 3. The lowest BCUT2D eigenvalue weighted by molar-refractivity contribution is -0.138. The molecule has 9 rings (SSSR count). The molecule has 0 spiro atoms. The number of thiophene rings is 1. The molecule has 3 aromatic heterocycles. The SMILES string of the molecule is CC(C)(C)OC(=O)Nc1sc2c(F)ccc(-c3c(C(F)(F)F)c4c5c(nc(OC[C@@]67CCCN6C[C@H](F)C7)nc5c3F)N([C@H](CC3CCC3)c3cccnc3N)CCO4)c2c1C#N. The molecule has 2 aromatic carbocycles. The molecule has 1 saturated carbocycles. The fourth-order valence-electron chi connectivity index (χ4n) is 9.66. The lowest BCUT2D eigenvalue weighted by Gasteiger charge is -2.37. The normalized spacial score (nSPS) is 20.8. The van der Waals surface area contributed by atoms with E-state index in [1.54, 1.807) is 37.8 Å². The van der Waals surface area contributed by atoms with E-state index in [9.17, 15) is 14.4 Å². The Morgan fingerprint density at radius 3 is 2.63 bits per heavy atom. The molecule has 0 radical (unpaired) electrons. The van der Waals surface area contributed by atoms with Gasteiger partial charge in [-0.15, -0.1) is 11.3 Å². The number of nitrogen functional groups attached to an aromatic ring is 1. The molecule has 3 N–H and O–H groups in total. The topological polar surface area (TPSA) is 152 Å². The van der Waals surface area contributed by atoms with Gasteiger partial charge in [-0.25, -0.2) is 22.9 Å². The molecular formula is C44H44F6N8O4S. The van der Waals surface area contributed by atoms with Crippen molar-refractivity contribution >= 4 is 55.1 Å². The van der Waals surface area contributed by atoms with Gasteiger partial charge in [-0.3, -0.25) is 10.2 Å². The second kappa shape index (κ2) is 15.9. The number of carbonyl (C=O) groups is 1. The Morgan fingerprint density at radius 2 is 1.94 bits per heavy atom. The number of alkyl halides is 4. The molecular weight excluding hydrogens is 851 g/mol. The van der Waals surface area contributed by atoms with Gasteiger partial charge in [0, 0.05) is 35.7 Å². The number of hydrogen-bond acceptors (Lipinski definition) is 12. The van der Waals surface area contributed by atoms with Crippen molar-refractivity contribution in [2.75, 3.05) is 48.8 Å². The predicted molar refractivity (Wildman–Crippen MR) is 225 cm³/mol. The summed E-state index contributed by atoms with van der Waals surface area (Å²) in [4.78, 5) is 30.2. The van der Waals surface area contributed by atoms with Gasteiger partial charge < -0.3 is 24.8 Å². The fourth-order valence-corrected chi connectivity index (χ4v) is 10.7. The maximum atomic E-state index is 18.0. The third-order valence-corrected chi connectivity index (χ3v) is 13.7. The van der Waals surface area contributed by atoms with E-state index in [0.717, 1.165) is 37.8 Å². The van der Waals surface area contributed by atoms with Crippen LogP contribution in [0.5, 0.6) is 11.8 Å². The number of nitrogens with one attached hydrogen (secondary N) is 1. The van der Waals surface area contributed by atoms with Crippen molar-refractivity contribution in [1.82, 2.24) is 19.9 Å². The minimum Gasteiger partial charge on any atom is -0.490 e. The Kier molecular flexibility index (Phi) is 10.8. The molecule has 332 valence electrons. The van der Waals surface area contributed by atoms with Crippen LogP contribution in [0, 0.1) is 28.9 Å². The first-order valence-electron chi connectivity index (χ1n) is 20.9. The zero-order valence-electron chi connectivity index (χ0n) is 34.7. The first-order chi connectivity index (χ1) is 30.0. The van der Waals surface area contributed by atoms with Crippen LogP contribution >= 0.6 is 11.3 Å². The van der Waals surface area contributed by atoms with Gasteiger partial charge in [-0.2, -0.15) is 28.4 Å². The molecule has 1 amide bonds. The van der Waals surface area contributed by atoms with Crippen LogP contribution in [0.3, 0.4) is 0 Å². The number of hydrogen-bond donors (Lipinski definition) is 2. The van der Waals surface area contributed by atoms with Gasteiger partial charge in [0.25, 0.3) is 0 Å². The smallest absolute Gasteiger partial charge is 0.420 e. The highest BCUT2D eigenvalue weighted by Gasteiger charge is 2.50. The summed E-state index contributed by atoms with van der Waals surface area (Å²) in [5.74, 6) is -2.81. The number of benzene rings is 2. The second-order valence-electron chi connectivity index (χ2n) is 17.7. The van der Waals surface area contributed by atoms with Crippen LogP contribution in [0.1, 0.15) is 88.4 Å². The summed E-state index contributed by atoms with van der Waals surface area (Å²) < 4.78 is 114. The molecule has 19 heteroatoms. The van der Waals surface area contributed by atoms with Crippen molar-refractivity contribution in [2.45, 2.75) is 95.2 Å². The Bertz CT molecular complexity index is 2680. The number of carbonyl (C=O) groups excluding carboxylic acids is 1. The quantitative estimate of drug-likeness (QED) is 0.136. The van der Waals surface area contributed by atoms with Crippen LogP contribution in [-0.4, -0.2) is 76.1 Å². The summed E-state index contributed by atoms with van der Waals surface area (Å²) >= 11 is 0.587. The minimum absolute atomic E-state index is 0.0228. The van der Waals surface area contributed by atoms with Gasteiger partial charge in [0.05, 0.1) is 33.8 Å². The van der Waals surface area contributed by atoms with Gasteiger partial charge >= 0.3 is 18.3 Å². The number of aromatic nitrogens is 3. The molecule has 5 aromatic rings. The molecule has 1 aliphatic carbocycles. The van der Waals surface area contributed by atoms with E-state index in [4.69, 9.17) is 24.9 Å². The molecule has 0 unspecified atom stereocenters. The number of rotatable bonds is 9. The first kappa shape index (κ1) is 42.7. The van der Waals surface area contributed by atoms with Crippen molar-refractivity contribution < 1.29 is 45.3 Å². The lowest BCUT2D eigenvalue weighted by Crippen LogP contribution is -2.43. The first-order valence-corrected chi connectivity index (χ1v) is 21.7. The monoisotopic (exact) mass is 894 g/mol. The molecule has 0 bridgehead atoms. The zero-order chi connectivity index (χ0) is 44.6. The van der Waals surface area contributed by atoms with Gasteiger partial charge in [-0.05, 0) is 70.2 Å². The Morgan fingerprint density at radius 1 is 1.14 bits per heavy atom. The third kappa shape index (κ3) is 7.68. The number of halogens is 6. The number of fused-ring (bicyclic) bond motifs is 2. The molecule has 2 saturated heterocycles.